The number of aromatic nitrogens is 2. The molecule has 2 heterocycles. The molecule has 0 spiro atoms. The Labute approximate surface area is 226 Å². The van der Waals surface area contributed by atoms with Gasteiger partial charge >= 0.3 is 0 Å². The summed E-state index contributed by atoms with van der Waals surface area (Å²) in [5, 5.41) is 0.302. The van der Waals surface area contributed by atoms with E-state index >= 15 is 0 Å². The Bertz CT molecular complexity index is 1530. The Morgan fingerprint density at radius 1 is 1.24 bits per heavy atom. The molecule has 0 amide bonds. The third-order valence-electron chi connectivity index (χ3n) is 6.26. The summed E-state index contributed by atoms with van der Waals surface area (Å²) in [6, 6.07) is 12.6. The predicted octanol–water partition coefficient (Wildman–Crippen LogP) is 3.96. The van der Waals surface area contributed by atoms with Crippen LogP contribution < -0.4 is 11.2 Å². The molecule has 1 aliphatic heterocycles. The molecule has 0 aliphatic carbocycles. The third kappa shape index (κ3) is 5.93. The Morgan fingerprint density at radius 3 is 2.70 bits per heavy atom. The summed E-state index contributed by atoms with van der Waals surface area (Å²) in [5.41, 5.74) is 7.85. The van der Waals surface area contributed by atoms with Gasteiger partial charge in [0.15, 0.2) is 0 Å². The molecule has 1 fully saturated rings. The minimum absolute atomic E-state index is 0.0257. The summed E-state index contributed by atoms with van der Waals surface area (Å²) < 4.78 is 43.0. The van der Waals surface area contributed by atoms with Crippen molar-refractivity contribution in [2.24, 2.45) is 23.7 Å². The smallest absolute Gasteiger partial charge is 0.243 e. The molecule has 1 aliphatic rings. The molecule has 3 aromatic rings. The van der Waals surface area contributed by atoms with Gasteiger partial charge in [-0.3, -0.25) is 4.99 Å². The highest BCUT2D eigenvalue weighted by Gasteiger charge is 2.30. The van der Waals surface area contributed by atoms with Gasteiger partial charge in [0, 0.05) is 43.3 Å². The number of nitrogens with zero attached hydrogens (tertiary/aromatic N) is 4. The average molecular weight is 560 g/mol. The highest BCUT2D eigenvalue weighted by atomic mass is 35.5. The van der Waals surface area contributed by atoms with Crippen molar-refractivity contribution in [2.75, 3.05) is 19.6 Å². The number of hydrogen-bond donors (Lipinski definition) is 1. The minimum Gasteiger partial charge on any atom is -0.405 e. The number of rotatable bonds is 6. The summed E-state index contributed by atoms with van der Waals surface area (Å²) in [6.45, 7) is 1.03. The number of halogens is 3. The van der Waals surface area contributed by atoms with Crippen LogP contribution in [-0.2, 0) is 17.1 Å². The van der Waals surface area contributed by atoms with Crippen molar-refractivity contribution in [2.45, 2.75) is 17.7 Å². The van der Waals surface area contributed by atoms with Crippen LogP contribution in [0.4, 0.5) is 4.39 Å². The molecule has 1 atom stereocenters. The van der Waals surface area contributed by atoms with Gasteiger partial charge in [0.1, 0.15) is 25.0 Å². The van der Waals surface area contributed by atoms with Gasteiger partial charge in [-0.2, -0.15) is 4.31 Å². The first-order chi connectivity index (χ1) is 17.6. The standard InChI is InChI=1S/C25H25BCl2FN5O2S/c1-33-24(12-23(32-25(33)19(26)13-30)18-6-2-3-7-20(18)27)31-14-16-5-4-10-34(15-16)37(35,36)17-8-9-22(29)21(28)11-17/h2-3,6-9,11-13,16H,4-5,10,14-15,30H2,1H3. The average Bonchev–Trinajstić information content (AvgIpc) is 2.89. The van der Waals surface area contributed by atoms with E-state index in [0.717, 1.165) is 24.1 Å². The van der Waals surface area contributed by atoms with Crippen LogP contribution in [0, 0.1) is 11.7 Å². The summed E-state index contributed by atoms with van der Waals surface area (Å²) >= 11 is 12.2. The fraction of sp³-hybridized carbons (Fsp3) is 0.280. The van der Waals surface area contributed by atoms with Crippen molar-refractivity contribution >= 4 is 46.5 Å². The van der Waals surface area contributed by atoms with Crippen molar-refractivity contribution in [1.82, 2.24) is 13.9 Å². The largest absolute Gasteiger partial charge is 0.405 e. The predicted molar refractivity (Wildman–Crippen MR) is 145 cm³/mol. The maximum absolute atomic E-state index is 13.6. The van der Waals surface area contributed by atoms with Crippen molar-refractivity contribution in [3.8, 4) is 11.3 Å². The summed E-state index contributed by atoms with van der Waals surface area (Å²) in [4.78, 5) is 9.41. The van der Waals surface area contributed by atoms with Gasteiger partial charge in [-0.1, -0.05) is 41.4 Å². The topological polar surface area (TPSA) is 93.6 Å². The van der Waals surface area contributed by atoms with Crippen LogP contribution in [0.5, 0.6) is 0 Å². The number of nitrogens with two attached hydrogens (primary N) is 1. The lowest BCUT2D eigenvalue weighted by molar-refractivity contribution is 0.270. The van der Waals surface area contributed by atoms with E-state index in [1.807, 2.05) is 24.3 Å². The molecule has 1 saturated heterocycles. The molecule has 1 unspecified atom stereocenters. The van der Waals surface area contributed by atoms with Gasteiger partial charge in [0.2, 0.25) is 10.0 Å². The SMILES string of the molecule is [B]C(=CN)c1nc(-c2ccccc2Cl)cc(=NCC2CCCN(S(=O)(=O)c3ccc(F)c(Cl)c3)C2)n1C. The van der Waals surface area contributed by atoms with Crippen molar-refractivity contribution in [3.05, 3.63) is 81.9 Å². The molecule has 2 aromatic carbocycles. The van der Waals surface area contributed by atoms with Gasteiger partial charge in [-0.05, 0) is 54.7 Å². The van der Waals surface area contributed by atoms with Crippen molar-refractivity contribution in [3.63, 3.8) is 0 Å². The van der Waals surface area contributed by atoms with Crippen LogP contribution in [0.25, 0.3) is 16.7 Å². The Hall–Kier alpha value is -2.66. The first-order valence-corrected chi connectivity index (χ1v) is 13.8. The zero-order valence-electron chi connectivity index (χ0n) is 20.1. The Kier molecular flexibility index (Phi) is 8.43. The highest BCUT2D eigenvalue weighted by molar-refractivity contribution is 7.89. The van der Waals surface area contributed by atoms with Crippen molar-refractivity contribution in [1.29, 1.82) is 0 Å². The quantitative estimate of drug-likeness (QED) is 0.462. The molecule has 2 N–H and O–H groups in total. The number of benzene rings is 2. The summed E-state index contributed by atoms with van der Waals surface area (Å²) in [5.74, 6) is -0.260. The highest BCUT2D eigenvalue weighted by Crippen LogP contribution is 2.28. The molecule has 1 aromatic heterocycles. The zero-order chi connectivity index (χ0) is 26.7. The molecule has 37 heavy (non-hydrogen) atoms. The summed E-state index contributed by atoms with van der Waals surface area (Å²) in [6.07, 6.45) is 2.76. The van der Waals surface area contributed by atoms with Gasteiger partial charge in [0.05, 0.1) is 15.6 Å². The minimum atomic E-state index is -3.82. The molecule has 0 bridgehead atoms. The van der Waals surface area contributed by atoms with Crippen LogP contribution in [0.15, 0.2) is 64.6 Å². The Morgan fingerprint density at radius 2 is 2.00 bits per heavy atom. The van der Waals surface area contributed by atoms with Crippen LogP contribution in [0.2, 0.25) is 10.0 Å². The molecule has 192 valence electrons. The molecular formula is C25H25BCl2FN5O2S. The van der Waals surface area contributed by atoms with Gasteiger partial charge in [-0.15, -0.1) is 0 Å². The Balaban J connectivity index is 1.64. The van der Waals surface area contributed by atoms with Crippen LogP contribution in [0.1, 0.15) is 18.7 Å². The molecular weight excluding hydrogens is 535 g/mol. The van der Waals surface area contributed by atoms with Gasteiger partial charge in [-0.25, -0.2) is 17.8 Å². The number of piperidine rings is 1. The van der Waals surface area contributed by atoms with E-state index in [9.17, 15) is 12.8 Å². The van der Waals surface area contributed by atoms with Gasteiger partial charge in [0.25, 0.3) is 0 Å². The monoisotopic (exact) mass is 559 g/mol. The van der Waals surface area contributed by atoms with Crippen molar-refractivity contribution < 1.29 is 12.8 Å². The second-order valence-corrected chi connectivity index (χ2v) is 11.5. The molecule has 0 saturated carbocycles. The first-order valence-electron chi connectivity index (χ1n) is 11.6. The second kappa shape index (κ2) is 11.4. The number of hydrogen-bond acceptors (Lipinski definition) is 5. The van der Waals surface area contributed by atoms with Crippen LogP contribution >= 0.6 is 23.2 Å². The maximum Gasteiger partial charge on any atom is 0.243 e. The van der Waals surface area contributed by atoms with E-state index in [1.54, 1.807) is 17.7 Å². The molecule has 2 radical (unpaired) electrons. The lowest BCUT2D eigenvalue weighted by Gasteiger charge is -2.31. The summed E-state index contributed by atoms with van der Waals surface area (Å²) in [7, 11) is 4.06. The van der Waals surface area contributed by atoms with Crippen LogP contribution in [-0.4, -0.2) is 49.8 Å². The van der Waals surface area contributed by atoms with E-state index in [1.165, 1.54) is 16.6 Å². The lowest BCUT2D eigenvalue weighted by Crippen LogP contribution is -2.41. The zero-order valence-corrected chi connectivity index (χ0v) is 22.4. The fourth-order valence-electron chi connectivity index (χ4n) is 4.24. The normalized spacial score (nSPS) is 17.8. The molecule has 4 rings (SSSR count). The maximum atomic E-state index is 13.6. The van der Waals surface area contributed by atoms with Crippen LogP contribution in [0.3, 0.4) is 0 Å². The second-order valence-electron chi connectivity index (χ2n) is 8.77. The van der Waals surface area contributed by atoms with E-state index in [4.69, 9.17) is 41.8 Å². The lowest BCUT2D eigenvalue weighted by atomic mass is 9.95. The van der Waals surface area contributed by atoms with E-state index < -0.39 is 15.8 Å². The first kappa shape index (κ1) is 27.4. The van der Waals surface area contributed by atoms with E-state index in [-0.39, 0.29) is 27.9 Å². The van der Waals surface area contributed by atoms with Gasteiger partial charge < -0.3 is 10.3 Å². The molecule has 12 heteroatoms. The van der Waals surface area contributed by atoms with E-state index in [0.29, 0.717) is 41.5 Å². The number of sulfonamides is 1. The fourth-order valence-corrected chi connectivity index (χ4v) is 6.30. The van der Waals surface area contributed by atoms with E-state index in [2.05, 4.69) is 4.98 Å². The third-order valence-corrected chi connectivity index (χ3v) is 8.74. The molecule has 7 nitrogen and oxygen atoms in total.